The lowest BCUT2D eigenvalue weighted by Crippen LogP contribution is -2.32. The number of nitrogens with one attached hydrogen (secondary N) is 1. The molecule has 2 rings (SSSR count). The van der Waals surface area contributed by atoms with Gasteiger partial charge in [0.25, 0.3) is 0 Å². The van der Waals surface area contributed by atoms with E-state index in [9.17, 15) is 9.90 Å². The Bertz CT molecular complexity index is 542. The van der Waals surface area contributed by atoms with Gasteiger partial charge in [0.15, 0.2) is 5.13 Å². The van der Waals surface area contributed by atoms with Gasteiger partial charge in [-0.05, 0) is 5.56 Å². The second-order valence-corrected chi connectivity index (χ2v) is 4.96. The smallest absolute Gasteiger partial charge is 0.226 e. The van der Waals surface area contributed by atoms with Crippen LogP contribution in [0.5, 0.6) is 0 Å². The van der Waals surface area contributed by atoms with Crippen molar-refractivity contribution in [2.75, 3.05) is 12.3 Å². The summed E-state index contributed by atoms with van der Waals surface area (Å²) in [6.07, 6.45) is 0.164. The standard InChI is InChI=1S/C13H15N3O2S/c14-13-15-10(8-19-13)6-12(18)16-11(7-17)9-4-2-1-3-5-9/h1-5,8,11,17H,6-7H2,(H2,14,15)(H,16,18)/t11-/m0/s1. The summed E-state index contributed by atoms with van der Waals surface area (Å²) in [5.41, 5.74) is 7.02. The van der Waals surface area contributed by atoms with E-state index in [-0.39, 0.29) is 18.9 Å². The van der Waals surface area contributed by atoms with E-state index >= 15 is 0 Å². The number of thiazole rings is 1. The first-order valence-electron chi connectivity index (χ1n) is 5.84. The molecule has 0 aliphatic heterocycles. The minimum absolute atomic E-state index is 0.144. The van der Waals surface area contributed by atoms with Crippen molar-refractivity contribution in [3.63, 3.8) is 0 Å². The van der Waals surface area contributed by atoms with Gasteiger partial charge in [0.05, 0.1) is 24.8 Å². The number of nitrogen functional groups attached to an aromatic ring is 1. The maximum atomic E-state index is 11.9. The number of aliphatic hydroxyl groups excluding tert-OH is 1. The molecular weight excluding hydrogens is 262 g/mol. The molecule has 19 heavy (non-hydrogen) atoms. The van der Waals surface area contributed by atoms with Crippen molar-refractivity contribution in [3.05, 3.63) is 47.0 Å². The number of hydrogen-bond acceptors (Lipinski definition) is 5. The first-order valence-corrected chi connectivity index (χ1v) is 6.72. The highest BCUT2D eigenvalue weighted by Gasteiger charge is 2.14. The van der Waals surface area contributed by atoms with Crippen LogP contribution in [0.2, 0.25) is 0 Å². The zero-order chi connectivity index (χ0) is 13.7. The summed E-state index contributed by atoms with van der Waals surface area (Å²) in [7, 11) is 0. The molecule has 1 amide bonds. The molecule has 1 aromatic carbocycles. The van der Waals surface area contributed by atoms with Crippen molar-refractivity contribution >= 4 is 22.4 Å². The third-order valence-electron chi connectivity index (χ3n) is 2.63. The van der Waals surface area contributed by atoms with E-state index in [1.807, 2.05) is 30.3 Å². The van der Waals surface area contributed by atoms with Crippen molar-refractivity contribution in [1.29, 1.82) is 0 Å². The highest BCUT2D eigenvalue weighted by Crippen LogP contribution is 2.14. The summed E-state index contributed by atoms with van der Waals surface area (Å²) in [5.74, 6) is -0.187. The first kappa shape index (κ1) is 13.5. The number of aromatic nitrogens is 1. The van der Waals surface area contributed by atoms with Gasteiger partial charge in [0.2, 0.25) is 5.91 Å². The number of carbonyl (C=O) groups is 1. The third kappa shape index (κ3) is 3.77. The summed E-state index contributed by atoms with van der Waals surface area (Å²) in [4.78, 5) is 15.9. The molecule has 100 valence electrons. The predicted octanol–water partition coefficient (Wildman–Crippen LogP) is 1.12. The van der Waals surface area contributed by atoms with Gasteiger partial charge in [0.1, 0.15) is 0 Å². The average molecular weight is 277 g/mol. The molecule has 0 saturated heterocycles. The lowest BCUT2D eigenvalue weighted by molar-refractivity contribution is -0.121. The number of hydrogen-bond donors (Lipinski definition) is 3. The SMILES string of the molecule is Nc1nc(CC(=O)N[C@@H](CO)c2ccccc2)cs1. The number of nitrogens with zero attached hydrogens (tertiary/aromatic N) is 1. The molecule has 0 aliphatic rings. The van der Waals surface area contributed by atoms with Crippen LogP contribution in [0.15, 0.2) is 35.7 Å². The Morgan fingerprint density at radius 1 is 1.42 bits per heavy atom. The predicted molar refractivity (Wildman–Crippen MR) is 74.6 cm³/mol. The summed E-state index contributed by atoms with van der Waals surface area (Å²) >= 11 is 1.30. The molecule has 5 nitrogen and oxygen atoms in total. The monoisotopic (exact) mass is 277 g/mol. The number of aliphatic hydroxyl groups is 1. The summed E-state index contributed by atoms with van der Waals surface area (Å²) in [6.45, 7) is -0.144. The van der Waals surface area contributed by atoms with Gasteiger partial charge < -0.3 is 16.2 Å². The van der Waals surface area contributed by atoms with Crippen LogP contribution in [0.25, 0.3) is 0 Å². The number of amides is 1. The van der Waals surface area contributed by atoms with Crippen molar-refractivity contribution in [2.45, 2.75) is 12.5 Å². The molecule has 4 N–H and O–H groups in total. The highest BCUT2D eigenvalue weighted by atomic mass is 32.1. The topological polar surface area (TPSA) is 88.2 Å². The molecule has 1 aromatic heterocycles. The summed E-state index contributed by atoms with van der Waals surface area (Å²) < 4.78 is 0. The third-order valence-corrected chi connectivity index (χ3v) is 3.35. The molecule has 0 unspecified atom stereocenters. The van der Waals surface area contributed by atoms with Crippen LogP contribution in [0.4, 0.5) is 5.13 Å². The van der Waals surface area contributed by atoms with Crippen LogP contribution in [-0.2, 0) is 11.2 Å². The first-order chi connectivity index (χ1) is 9.19. The van der Waals surface area contributed by atoms with Crippen LogP contribution in [0, 0.1) is 0 Å². The van der Waals surface area contributed by atoms with Crippen LogP contribution in [0.1, 0.15) is 17.3 Å². The van der Waals surface area contributed by atoms with Crippen molar-refractivity contribution < 1.29 is 9.90 Å². The highest BCUT2D eigenvalue weighted by molar-refractivity contribution is 7.13. The Kier molecular flexibility index (Phi) is 4.48. The molecule has 6 heteroatoms. The van der Waals surface area contributed by atoms with E-state index in [0.717, 1.165) is 5.56 Å². The maximum absolute atomic E-state index is 11.9. The summed E-state index contributed by atoms with van der Waals surface area (Å²) in [6, 6.07) is 8.95. The maximum Gasteiger partial charge on any atom is 0.226 e. The van der Waals surface area contributed by atoms with Gasteiger partial charge in [-0.3, -0.25) is 4.79 Å². The van der Waals surface area contributed by atoms with Gasteiger partial charge in [-0.15, -0.1) is 11.3 Å². The van der Waals surface area contributed by atoms with Gasteiger partial charge >= 0.3 is 0 Å². The number of rotatable bonds is 5. The number of benzene rings is 1. The fraction of sp³-hybridized carbons (Fsp3) is 0.231. The largest absolute Gasteiger partial charge is 0.394 e. The molecule has 1 heterocycles. The Hall–Kier alpha value is -1.92. The van der Waals surface area contributed by atoms with E-state index in [1.165, 1.54) is 11.3 Å². The zero-order valence-electron chi connectivity index (χ0n) is 10.2. The van der Waals surface area contributed by atoms with Gasteiger partial charge in [-0.1, -0.05) is 30.3 Å². The summed E-state index contributed by atoms with van der Waals surface area (Å²) in [5, 5.41) is 14.3. The zero-order valence-corrected chi connectivity index (χ0v) is 11.1. The van der Waals surface area contributed by atoms with E-state index in [1.54, 1.807) is 5.38 Å². The van der Waals surface area contributed by atoms with Crippen LogP contribution >= 0.6 is 11.3 Å². The van der Waals surface area contributed by atoms with E-state index < -0.39 is 6.04 Å². The molecule has 0 radical (unpaired) electrons. The molecule has 2 aromatic rings. The Morgan fingerprint density at radius 2 is 2.16 bits per heavy atom. The van der Waals surface area contributed by atoms with Crippen LogP contribution < -0.4 is 11.1 Å². The minimum atomic E-state index is -0.398. The molecular formula is C13H15N3O2S. The second kappa shape index (κ2) is 6.31. The molecule has 0 fully saturated rings. The second-order valence-electron chi connectivity index (χ2n) is 4.07. The van der Waals surface area contributed by atoms with Gasteiger partial charge in [-0.2, -0.15) is 0 Å². The van der Waals surface area contributed by atoms with Gasteiger partial charge in [-0.25, -0.2) is 4.98 Å². The van der Waals surface area contributed by atoms with Gasteiger partial charge in [0, 0.05) is 5.38 Å². The molecule has 0 bridgehead atoms. The fourth-order valence-corrected chi connectivity index (χ4v) is 2.30. The average Bonchev–Trinajstić information content (AvgIpc) is 2.82. The van der Waals surface area contributed by atoms with Crippen molar-refractivity contribution in [3.8, 4) is 0 Å². The van der Waals surface area contributed by atoms with Crippen molar-refractivity contribution in [2.24, 2.45) is 0 Å². The van der Waals surface area contributed by atoms with E-state index in [0.29, 0.717) is 10.8 Å². The Morgan fingerprint density at radius 3 is 2.74 bits per heavy atom. The minimum Gasteiger partial charge on any atom is -0.394 e. The van der Waals surface area contributed by atoms with Crippen LogP contribution in [0.3, 0.4) is 0 Å². The van der Waals surface area contributed by atoms with Crippen LogP contribution in [-0.4, -0.2) is 22.6 Å². The molecule has 0 spiro atoms. The number of carbonyl (C=O) groups excluding carboxylic acids is 1. The van der Waals surface area contributed by atoms with E-state index in [2.05, 4.69) is 10.3 Å². The number of anilines is 1. The Labute approximate surface area is 115 Å². The number of nitrogens with two attached hydrogens (primary N) is 1. The lowest BCUT2D eigenvalue weighted by Gasteiger charge is -2.16. The lowest BCUT2D eigenvalue weighted by atomic mass is 10.1. The quantitative estimate of drug-likeness (QED) is 0.764. The van der Waals surface area contributed by atoms with Crippen molar-refractivity contribution in [1.82, 2.24) is 10.3 Å². The fourth-order valence-electron chi connectivity index (χ4n) is 1.73. The normalized spacial score (nSPS) is 12.1. The Balaban J connectivity index is 1.97. The molecule has 1 atom stereocenters. The van der Waals surface area contributed by atoms with E-state index in [4.69, 9.17) is 5.73 Å². The molecule has 0 aliphatic carbocycles. The molecule has 0 saturated carbocycles.